The number of aliphatic hydroxyl groups excluding tert-OH is 1. The van der Waals surface area contributed by atoms with Crippen molar-refractivity contribution in [3.63, 3.8) is 0 Å². The fourth-order valence-corrected chi connectivity index (χ4v) is 3.32. The van der Waals surface area contributed by atoms with E-state index in [1.807, 2.05) is 4.90 Å². The molecule has 98 valence electrons. The van der Waals surface area contributed by atoms with Gasteiger partial charge in [0.25, 0.3) is 5.91 Å². The van der Waals surface area contributed by atoms with Gasteiger partial charge in [0.15, 0.2) is 0 Å². The fourth-order valence-electron chi connectivity index (χ4n) is 3.32. The summed E-state index contributed by atoms with van der Waals surface area (Å²) in [7, 11) is 1.73. The average Bonchev–Trinajstić information content (AvgIpc) is 2.77. The van der Waals surface area contributed by atoms with Gasteiger partial charge in [0.1, 0.15) is 5.69 Å². The highest BCUT2D eigenvalue weighted by molar-refractivity contribution is 5.98. The van der Waals surface area contributed by atoms with Crippen LogP contribution in [0, 0.1) is 0 Å². The zero-order valence-electron chi connectivity index (χ0n) is 10.4. The molecule has 3 rings (SSSR count). The number of aryl methyl sites for hydroxylation is 1. The third-order valence-corrected chi connectivity index (χ3v) is 4.11. The maximum Gasteiger partial charge on any atom is 0.274 e. The Morgan fingerprint density at radius 2 is 2.06 bits per heavy atom. The second-order valence-electron chi connectivity index (χ2n) is 5.29. The van der Waals surface area contributed by atoms with Gasteiger partial charge in [-0.2, -0.15) is 5.10 Å². The second-order valence-corrected chi connectivity index (χ2v) is 5.29. The number of carbonyl (C=O) groups excluding carboxylic acids is 1. The first-order chi connectivity index (χ1) is 8.58. The number of rotatable bonds is 1. The molecule has 0 aromatic carbocycles. The van der Waals surface area contributed by atoms with E-state index in [2.05, 4.69) is 5.10 Å². The number of piperidine rings is 1. The van der Waals surface area contributed by atoms with Crippen LogP contribution in [0.3, 0.4) is 0 Å². The lowest BCUT2D eigenvalue weighted by Gasteiger charge is -2.37. The Balaban J connectivity index is 1.90. The Morgan fingerprint density at radius 1 is 1.44 bits per heavy atom. The molecule has 1 aromatic heterocycles. The number of nitrogens with zero attached hydrogens (tertiary/aromatic N) is 3. The SMILES string of the molecule is Cn1ncc(N)c1C(=O)N1C2CCC1CC(O)C2. The minimum Gasteiger partial charge on any atom is -0.396 e. The fraction of sp³-hybridized carbons (Fsp3) is 0.667. The monoisotopic (exact) mass is 250 g/mol. The Morgan fingerprint density at radius 3 is 2.56 bits per heavy atom. The van der Waals surface area contributed by atoms with Gasteiger partial charge in [-0.25, -0.2) is 0 Å². The standard InChI is InChI=1S/C12H18N4O2/c1-15-11(10(13)6-14-15)12(18)16-7-2-3-8(16)5-9(17)4-7/h6-9,17H,2-5,13H2,1H3. The molecule has 2 aliphatic rings. The van der Waals surface area contributed by atoms with E-state index >= 15 is 0 Å². The van der Waals surface area contributed by atoms with Crippen LogP contribution in [0.5, 0.6) is 0 Å². The lowest BCUT2D eigenvalue weighted by Crippen LogP contribution is -2.48. The largest absolute Gasteiger partial charge is 0.396 e. The average molecular weight is 250 g/mol. The van der Waals surface area contributed by atoms with E-state index in [0.29, 0.717) is 24.2 Å². The van der Waals surface area contributed by atoms with Crippen molar-refractivity contribution in [2.24, 2.45) is 7.05 Å². The minimum absolute atomic E-state index is 0.0492. The van der Waals surface area contributed by atoms with Crippen LogP contribution in [0.2, 0.25) is 0 Å². The Hall–Kier alpha value is -1.56. The molecule has 1 aromatic rings. The number of nitrogens with two attached hydrogens (primary N) is 1. The van der Waals surface area contributed by atoms with E-state index in [-0.39, 0.29) is 24.1 Å². The highest BCUT2D eigenvalue weighted by Gasteiger charge is 2.43. The maximum atomic E-state index is 12.6. The quantitative estimate of drug-likeness (QED) is 0.742. The summed E-state index contributed by atoms with van der Waals surface area (Å²) in [6.45, 7) is 0. The van der Waals surface area contributed by atoms with Crippen molar-refractivity contribution < 1.29 is 9.90 Å². The first-order valence-electron chi connectivity index (χ1n) is 6.36. The number of carbonyl (C=O) groups is 1. The number of nitrogen functional groups attached to an aromatic ring is 1. The summed E-state index contributed by atoms with van der Waals surface area (Å²) in [5, 5.41) is 13.8. The lowest BCUT2D eigenvalue weighted by atomic mass is 9.99. The summed E-state index contributed by atoms with van der Waals surface area (Å²) < 4.78 is 1.53. The van der Waals surface area contributed by atoms with Crippen molar-refractivity contribution in [3.05, 3.63) is 11.9 Å². The van der Waals surface area contributed by atoms with Crippen molar-refractivity contribution >= 4 is 11.6 Å². The smallest absolute Gasteiger partial charge is 0.274 e. The Labute approximate surface area is 105 Å². The molecular weight excluding hydrogens is 232 g/mol. The van der Waals surface area contributed by atoms with Crippen molar-refractivity contribution in [2.45, 2.75) is 43.9 Å². The summed E-state index contributed by atoms with van der Waals surface area (Å²) in [6.07, 6.45) is 4.56. The number of aromatic nitrogens is 2. The van der Waals surface area contributed by atoms with Gasteiger partial charge in [-0.3, -0.25) is 9.48 Å². The van der Waals surface area contributed by atoms with Gasteiger partial charge in [0.05, 0.1) is 18.0 Å². The van der Waals surface area contributed by atoms with Crippen LogP contribution < -0.4 is 5.73 Å². The van der Waals surface area contributed by atoms with Crippen molar-refractivity contribution in [1.29, 1.82) is 0 Å². The predicted molar refractivity (Wildman–Crippen MR) is 65.8 cm³/mol. The third-order valence-electron chi connectivity index (χ3n) is 4.11. The normalized spacial score (nSPS) is 30.8. The van der Waals surface area contributed by atoms with E-state index in [0.717, 1.165) is 12.8 Å². The Kier molecular flexibility index (Phi) is 2.55. The molecule has 6 nitrogen and oxygen atoms in total. The molecule has 1 amide bonds. The highest BCUT2D eigenvalue weighted by atomic mass is 16.3. The molecule has 18 heavy (non-hydrogen) atoms. The molecule has 0 aliphatic carbocycles. The van der Waals surface area contributed by atoms with Crippen LogP contribution in [0.1, 0.15) is 36.2 Å². The number of aliphatic hydroxyl groups is 1. The maximum absolute atomic E-state index is 12.6. The summed E-state index contributed by atoms with van der Waals surface area (Å²) >= 11 is 0. The van der Waals surface area contributed by atoms with E-state index < -0.39 is 0 Å². The van der Waals surface area contributed by atoms with Crippen LogP contribution in [-0.4, -0.2) is 43.9 Å². The molecule has 2 atom stereocenters. The summed E-state index contributed by atoms with van der Waals surface area (Å²) in [5.74, 6) is -0.0492. The molecule has 2 saturated heterocycles. The molecule has 2 aliphatic heterocycles. The molecule has 6 heteroatoms. The molecule has 2 bridgehead atoms. The van der Waals surface area contributed by atoms with Crippen LogP contribution >= 0.6 is 0 Å². The van der Waals surface area contributed by atoms with E-state index in [9.17, 15) is 9.90 Å². The zero-order chi connectivity index (χ0) is 12.9. The number of hydrogen-bond acceptors (Lipinski definition) is 4. The summed E-state index contributed by atoms with van der Waals surface area (Å²) in [6, 6.07) is 0.307. The molecule has 3 N–H and O–H groups in total. The van der Waals surface area contributed by atoms with Gasteiger partial charge in [-0.05, 0) is 25.7 Å². The van der Waals surface area contributed by atoms with Gasteiger partial charge >= 0.3 is 0 Å². The van der Waals surface area contributed by atoms with Crippen LogP contribution in [0.4, 0.5) is 5.69 Å². The van der Waals surface area contributed by atoms with E-state index in [1.54, 1.807) is 7.05 Å². The van der Waals surface area contributed by atoms with E-state index in [4.69, 9.17) is 5.73 Å². The van der Waals surface area contributed by atoms with Crippen LogP contribution in [0.25, 0.3) is 0 Å². The van der Waals surface area contributed by atoms with Crippen LogP contribution in [0.15, 0.2) is 6.20 Å². The van der Waals surface area contributed by atoms with E-state index in [1.165, 1.54) is 10.9 Å². The van der Waals surface area contributed by atoms with Gasteiger partial charge < -0.3 is 15.7 Å². The number of hydrogen-bond donors (Lipinski definition) is 2. The van der Waals surface area contributed by atoms with Crippen LogP contribution in [-0.2, 0) is 7.05 Å². The summed E-state index contributed by atoms with van der Waals surface area (Å²) in [4.78, 5) is 14.5. The molecule has 0 spiro atoms. The van der Waals surface area contributed by atoms with Crippen molar-refractivity contribution in [2.75, 3.05) is 5.73 Å². The number of anilines is 1. The van der Waals surface area contributed by atoms with Gasteiger partial charge in [-0.15, -0.1) is 0 Å². The molecule has 2 unspecified atom stereocenters. The van der Waals surface area contributed by atoms with Gasteiger partial charge in [0, 0.05) is 19.1 Å². The van der Waals surface area contributed by atoms with Gasteiger partial charge in [-0.1, -0.05) is 0 Å². The zero-order valence-corrected chi connectivity index (χ0v) is 10.4. The second kappa shape index (κ2) is 3.98. The first kappa shape index (κ1) is 11.5. The predicted octanol–water partition coefficient (Wildman–Crippen LogP) is 0.130. The molecule has 0 saturated carbocycles. The molecule has 3 heterocycles. The third kappa shape index (κ3) is 1.59. The van der Waals surface area contributed by atoms with Crippen molar-refractivity contribution in [1.82, 2.24) is 14.7 Å². The molecule has 2 fully saturated rings. The van der Waals surface area contributed by atoms with Crippen molar-refractivity contribution in [3.8, 4) is 0 Å². The topological polar surface area (TPSA) is 84.4 Å². The highest BCUT2D eigenvalue weighted by Crippen LogP contribution is 2.37. The minimum atomic E-state index is -0.268. The molecule has 0 radical (unpaired) electrons. The Bertz CT molecular complexity index is 451. The van der Waals surface area contributed by atoms with Gasteiger partial charge in [0.2, 0.25) is 0 Å². The lowest BCUT2D eigenvalue weighted by molar-refractivity contribution is 0.0280. The molecular formula is C12H18N4O2. The summed E-state index contributed by atoms with van der Waals surface area (Å²) in [5.41, 5.74) is 6.69. The number of fused-ring (bicyclic) bond motifs is 2. The number of amides is 1. The first-order valence-corrected chi connectivity index (χ1v) is 6.36.